The lowest BCUT2D eigenvalue weighted by Crippen LogP contribution is -2.34. The van der Waals surface area contributed by atoms with E-state index in [0.717, 1.165) is 60.0 Å². The van der Waals surface area contributed by atoms with Gasteiger partial charge in [-0.25, -0.2) is 4.98 Å². The summed E-state index contributed by atoms with van der Waals surface area (Å²) in [4.78, 5) is 26.7. The van der Waals surface area contributed by atoms with Crippen LogP contribution in [-0.2, 0) is 6.54 Å². The smallest absolute Gasteiger partial charge is 0.227 e. The van der Waals surface area contributed by atoms with Crippen molar-refractivity contribution in [3.05, 3.63) is 89.6 Å². The molecule has 1 fully saturated rings. The molecule has 3 aromatic rings. The third kappa shape index (κ3) is 5.79. The van der Waals surface area contributed by atoms with Crippen molar-refractivity contribution in [2.75, 3.05) is 29.9 Å². The van der Waals surface area contributed by atoms with E-state index in [1.807, 2.05) is 52.2 Å². The Balaban J connectivity index is 1.46. The van der Waals surface area contributed by atoms with Crippen LogP contribution in [-0.4, -0.2) is 35.9 Å². The Morgan fingerprint density at radius 2 is 1.80 bits per heavy atom. The summed E-state index contributed by atoms with van der Waals surface area (Å²) < 4.78 is 0. The SMILES string of the molecule is C=C(C)c1ccc(CN(C)c2ccnc(N3CCC(c4ccccc4)CC3)n2)cc1C(=O)C(C)C. The van der Waals surface area contributed by atoms with Crippen molar-refractivity contribution < 1.29 is 4.79 Å². The van der Waals surface area contributed by atoms with E-state index in [1.165, 1.54) is 5.56 Å². The van der Waals surface area contributed by atoms with Gasteiger partial charge in [-0.2, -0.15) is 4.98 Å². The van der Waals surface area contributed by atoms with Crippen molar-refractivity contribution in [1.82, 2.24) is 9.97 Å². The highest BCUT2D eigenvalue weighted by Crippen LogP contribution is 2.30. The summed E-state index contributed by atoms with van der Waals surface area (Å²) in [6.07, 6.45) is 4.06. The molecule has 1 saturated heterocycles. The highest BCUT2D eigenvalue weighted by Gasteiger charge is 2.23. The summed E-state index contributed by atoms with van der Waals surface area (Å²) in [6.45, 7) is 12.4. The van der Waals surface area contributed by atoms with E-state index >= 15 is 0 Å². The number of ketones is 1. The highest BCUT2D eigenvalue weighted by atomic mass is 16.1. The van der Waals surface area contributed by atoms with Gasteiger partial charge in [-0.3, -0.25) is 4.79 Å². The van der Waals surface area contributed by atoms with Crippen LogP contribution < -0.4 is 9.80 Å². The molecule has 2 aromatic carbocycles. The Morgan fingerprint density at radius 1 is 1.09 bits per heavy atom. The molecule has 0 atom stereocenters. The predicted molar refractivity (Wildman–Crippen MR) is 145 cm³/mol. The minimum absolute atomic E-state index is 0.0588. The molecule has 0 radical (unpaired) electrons. The summed E-state index contributed by atoms with van der Waals surface area (Å²) >= 11 is 0. The van der Waals surface area contributed by atoms with E-state index in [0.29, 0.717) is 12.5 Å². The van der Waals surface area contributed by atoms with Gasteiger partial charge in [0.05, 0.1) is 0 Å². The first kappa shape index (κ1) is 24.6. The highest BCUT2D eigenvalue weighted by molar-refractivity contribution is 6.01. The zero-order valence-electron chi connectivity index (χ0n) is 21.4. The zero-order valence-corrected chi connectivity index (χ0v) is 21.4. The minimum atomic E-state index is -0.0588. The lowest BCUT2D eigenvalue weighted by Gasteiger charge is -2.32. The number of aromatic nitrogens is 2. The number of hydrogen-bond acceptors (Lipinski definition) is 5. The van der Waals surface area contributed by atoms with Crippen molar-refractivity contribution in [2.45, 2.75) is 46.1 Å². The monoisotopic (exact) mass is 468 g/mol. The number of Topliss-reactive ketones (excluding diaryl/α,β-unsaturated/α-hetero) is 1. The van der Waals surface area contributed by atoms with Crippen LogP contribution in [0.5, 0.6) is 0 Å². The molecular formula is C30H36N4O. The lowest BCUT2D eigenvalue weighted by atomic mass is 9.90. The van der Waals surface area contributed by atoms with Gasteiger partial charge in [-0.05, 0) is 54.5 Å². The molecule has 4 rings (SSSR count). The fraction of sp³-hybridized carbons (Fsp3) is 0.367. The predicted octanol–water partition coefficient (Wildman–Crippen LogP) is 6.37. The van der Waals surface area contributed by atoms with Gasteiger partial charge in [-0.15, -0.1) is 0 Å². The van der Waals surface area contributed by atoms with Crippen LogP contribution in [0.15, 0.2) is 67.4 Å². The van der Waals surface area contributed by atoms with Crippen molar-refractivity contribution in [1.29, 1.82) is 0 Å². The van der Waals surface area contributed by atoms with Gasteiger partial charge in [0.2, 0.25) is 5.95 Å². The molecule has 0 saturated carbocycles. The second-order valence-electron chi connectivity index (χ2n) is 9.92. The van der Waals surface area contributed by atoms with Crippen molar-refractivity contribution in [3.8, 4) is 0 Å². The average molecular weight is 469 g/mol. The number of benzene rings is 2. The number of carbonyl (C=O) groups excluding carboxylic acids is 1. The molecule has 0 aliphatic carbocycles. The Kier molecular flexibility index (Phi) is 7.64. The number of allylic oxidation sites excluding steroid dienone is 1. The maximum atomic E-state index is 12.8. The van der Waals surface area contributed by atoms with Crippen LogP contribution in [0.3, 0.4) is 0 Å². The fourth-order valence-electron chi connectivity index (χ4n) is 4.77. The molecule has 35 heavy (non-hydrogen) atoms. The van der Waals surface area contributed by atoms with Crippen LogP contribution in [0.2, 0.25) is 0 Å². The molecule has 0 bridgehead atoms. The molecule has 0 amide bonds. The molecular weight excluding hydrogens is 432 g/mol. The zero-order chi connectivity index (χ0) is 24.9. The van der Waals surface area contributed by atoms with Crippen LogP contribution in [0.1, 0.15) is 66.6 Å². The second kappa shape index (κ2) is 10.9. The van der Waals surface area contributed by atoms with Gasteiger partial charge < -0.3 is 9.80 Å². The Hall–Kier alpha value is -3.47. The van der Waals surface area contributed by atoms with Crippen LogP contribution in [0, 0.1) is 5.92 Å². The number of anilines is 2. The molecule has 0 N–H and O–H groups in total. The molecule has 1 aromatic heterocycles. The summed E-state index contributed by atoms with van der Waals surface area (Å²) in [5, 5.41) is 0. The average Bonchev–Trinajstić information content (AvgIpc) is 2.88. The van der Waals surface area contributed by atoms with E-state index < -0.39 is 0 Å². The van der Waals surface area contributed by atoms with Gasteiger partial charge in [0.1, 0.15) is 5.82 Å². The molecule has 5 nitrogen and oxygen atoms in total. The van der Waals surface area contributed by atoms with E-state index in [-0.39, 0.29) is 11.7 Å². The largest absolute Gasteiger partial charge is 0.355 e. The van der Waals surface area contributed by atoms with Crippen molar-refractivity contribution >= 4 is 23.1 Å². The number of carbonyl (C=O) groups is 1. The molecule has 1 aliphatic heterocycles. The number of rotatable bonds is 8. The summed E-state index contributed by atoms with van der Waals surface area (Å²) in [5.41, 5.74) is 5.09. The van der Waals surface area contributed by atoms with Gasteiger partial charge in [0.25, 0.3) is 0 Å². The molecule has 1 aliphatic rings. The Bertz CT molecular complexity index is 1180. The third-order valence-corrected chi connectivity index (χ3v) is 6.82. The first-order valence-electron chi connectivity index (χ1n) is 12.5. The van der Waals surface area contributed by atoms with Crippen molar-refractivity contribution in [2.24, 2.45) is 5.92 Å². The molecule has 0 unspecified atom stereocenters. The summed E-state index contributed by atoms with van der Waals surface area (Å²) in [6, 6.07) is 18.8. The quantitative estimate of drug-likeness (QED) is 0.360. The fourth-order valence-corrected chi connectivity index (χ4v) is 4.77. The number of piperidine rings is 1. The van der Waals surface area contributed by atoms with E-state index in [9.17, 15) is 4.79 Å². The molecule has 182 valence electrons. The Morgan fingerprint density at radius 3 is 2.46 bits per heavy atom. The lowest BCUT2D eigenvalue weighted by molar-refractivity contribution is 0.0939. The van der Waals surface area contributed by atoms with Crippen LogP contribution in [0.25, 0.3) is 5.57 Å². The topological polar surface area (TPSA) is 49.3 Å². The standard InChI is InChI=1S/C30H36N4O/c1-21(2)26-12-11-23(19-27(26)29(35)22(3)4)20-33(5)28-13-16-31-30(32-28)34-17-14-25(15-18-34)24-9-7-6-8-10-24/h6-13,16,19,22,25H,1,14-15,17-18,20H2,2-5H3. The van der Waals surface area contributed by atoms with Gasteiger partial charge >= 0.3 is 0 Å². The molecule has 2 heterocycles. The van der Waals surface area contributed by atoms with Crippen LogP contribution in [0.4, 0.5) is 11.8 Å². The van der Waals surface area contributed by atoms with Gasteiger partial charge in [-0.1, -0.05) is 68.5 Å². The Labute approximate surface area is 209 Å². The van der Waals surface area contributed by atoms with E-state index in [1.54, 1.807) is 0 Å². The summed E-state index contributed by atoms with van der Waals surface area (Å²) in [7, 11) is 2.03. The number of hydrogen-bond donors (Lipinski definition) is 0. The van der Waals surface area contributed by atoms with E-state index in [2.05, 4.69) is 57.8 Å². The number of nitrogens with zero attached hydrogens (tertiary/aromatic N) is 4. The first-order chi connectivity index (χ1) is 16.8. The van der Waals surface area contributed by atoms with Crippen LogP contribution >= 0.6 is 0 Å². The minimum Gasteiger partial charge on any atom is -0.355 e. The second-order valence-corrected chi connectivity index (χ2v) is 9.92. The summed E-state index contributed by atoms with van der Waals surface area (Å²) in [5.74, 6) is 2.35. The molecule has 5 heteroatoms. The van der Waals surface area contributed by atoms with Gasteiger partial charge in [0, 0.05) is 44.4 Å². The third-order valence-electron chi connectivity index (χ3n) is 6.82. The molecule has 0 spiro atoms. The van der Waals surface area contributed by atoms with E-state index in [4.69, 9.17) is 4.98 Å². The van der Waals surface area contributed by atoms with Crippen molar-refractivity contribution in [3.63, 3.8) is 0 Å². The van der Waals surface area contributed by atoms with Gasteiger partial charge in [0.15, 0.2) is 5.78 Å². The first-order valence-corrected chi connectivity index (χ1v) is 12.5. The maximum absolute atomic E-state index is 12.8. The maximum Gasteiger partial charge on any atom is 0.227 e. The normalized spacial score (nSPS) is 14.3.